The molecule has 0 aliphatic heterocycles. The van der Waals surface area contributed by atoms with Crippen LogP contribution in [0.1, 0.15) is 0 Å². The van der Waals surface area contributed by atoms with Crippen LogP contribution in [0.25, 0.3) is 21.1 Å². The third-order valence-corrected chi connectivity index (χ3v) is 6.41. The topological polar surface area (TPSA) is 55.2 Å². The Labute approximate surface area is 131 Å². The Morgan fingerprint density at radius 1 is 1.10 bits per heavy atom. The molecule has 0 bridgehead atoms. The second-order valence-electron chi connectivity index (χ2n) is 4.48. The lowest BCUT2D eigenvalue weighted by Gasteiger charge is -2.14. The van der Waals surface area contributed by atoms with Crippen molar-refractivity contribution in [2.75, 3.05) is 14.1 Å². The van der Waals surface area contributed by atoms with Crippen molar-refractivity contribution < 1.29 is 8.42 Å². The molecule has 0 atom stereocenters. The average Bonchev–Trinajstić information content (AvgIpc) is 3.18. The van der Waals surface area contributed by atoms with Gasteiger partial charge in [-0.15, -0.1) is 22.7 Å². The fourth-order valence-electron chi connectivity index (χ4n) is 1.92. The number of hydrogen-bond donors (Lipinski definition) is 0. The number of rotatable bonds is 4. The zero-order valence-electron chi connectivity index (χ0n) is 11.4. The number of imidazole rings is 1. The lowest BCUT2D eigenvalue weighted by Crippen LogP contribution is -2.28. The minimum Gasteiger partial charge on any atom is -0.234 e. The first-order valence-corrected chi connectivity index (χ1v) is 9.25. The van der Waals surface area contributed by atoms with Crippen LogP contribution >= 0.6 is 22.7 Å². The molecule has 0 N–H and O–H groups in total. The molecule has 3 aromatic heterocycles. The summed E-state index contributed by atoms with van der Waals surface area (Å²) in [5.74, 6) is 0. The van der Waals surface area contributed by atoms with Crippen LogP contribution in [0.5, 0.6) is 0 Å². The molecule has 5 nitrogen and oxygen atoms in total. The van der Waals surface area contributed by atoms with E-state index in [1.807, 2.05) is 35.0 Å². The fraction of sp³-hybridized carbons (Fsp3) is 0.154. The van der Waals surface area contributed by atoms with E-state index in [1.54, 1.807) is 11.3 Å². The van der Waals surface area contributed by atoms with E-state index in [0.29, 0.717) is 11.4 Å². The van der Waals surface area contributed by atoms with Gasteiger partial charge in [0, 0.05) is 14.1 Å². The van der Waals surface area contributed by atoms with Gasteiger partial charge in [-0.1, -0.05) is 12.1 Å². The molecule has 110 valence electrons. The van der Waals surface area contributed by atoms with Gasteiger partial charge in [0.05, 0.1) is 9.75 Å². The van der Waals surface area contributed by atoms with Crippen LogP contribution in [-0.4, -0.2) is 35.8 Å². The van der Waals surface area contributed by atoms with Crippen LogP contribution in [-0.2, 0) is 10.2 Å². The van der Waals surface area contributed by atoms with Crippen molar-refractivity contribution in [2.45, 2.75) is 0 Å². The molecule has 0 saturated heterocycles. The molecule has 0 amide bonds. The predicted molar refractivity (Wildman–Crippen MR) is 86.9 cm³/mol. The first-order chi connectivity index (χ1) is 10.0. The van der Waals surface area contributed by atoms with E-state index in [0.717, 1.165) is 9.75 Å². The maximum absolute atomic E-state index is 12.5. The van der Waals surface area contributed by atoms with Crippen molar-refractivity contribution in [1.29, 1.82) is 0 Å². The first-order valence-electron chi connectivity index (χ1n) is 6.10. The molecule has 0 aliphatic carbocycles. The van der Waals surface area contributed by atoms with Gasteiger partial charge in [0.15, 0.2) is 0 Å². The van der Waals surface area contributed by atoms with Crippen LogP contribution in [0, 0.1) is 0 Å². The highest BCUT2D eigenvalue weighted by Gasteiger charge is 2.25. The molecule has 0 saturated carbocycles. The van der Waals surface area contributed by atoms with Gasteiger partial charge in [0.25, 0.3) is 0 Å². The number of aromatic nitrogens is 2. The molecule has 0 fully saturated rings. The summed E-state index contributed by atoms with van der Waals surface area (Å²) in [4.78, 5) is 6.16. The number of hydrogen-bond acceptors (Lipinski definition) is 5. The van der Waals surface area contributed by atoms with Crippen LogP contribution in [0.2, 0.25) is 0 Å². The highest BCUT2D eigenvalue weighted by Crippen LogP contribution is 2.36. The van der Waals surface area contributed by atoms with E-state index >= 15 is 0 Å². The summed E-state index contributed by atoms with van der Waals surface area (Å²) in [7, 11) is -0.581. The van der Waals surface area contributed by atoms with E-state index in [2.05, 4.69) is 4.98 Å². The van der Waals surface area contributed by atoms with Gasteiger partial charge in [-0.25, -0.2) is 8.96 Å². The number of nitrogens with zero attached hydrogens (tertiary/aromatic N) is 3. The minimum atomic E-state index is -3.61. The predicted octanol–water partition coefficient (Wildman–Crippen LogP) is 2.99. The van der Waals surface area contributed by atoms with Crippen molar-refractivity contribution in [3.05, 3.63) is 41.4 Å². The molecule has 0 aliphatic rings. The monoisotopic (exact) mass is 339 g/mol. The summed E-state index contributed by atoms with van der Waals surface area (Å²) in [6.45, 7) is 0. The summed E-state index contributed by atoms with van der Waals surface area (Å²) in [6.07, 6.45) is 1.37. The second kappa shape index (κ2) is 5.38. The molecule has 3 heterocycles. The lowest BCUT2D eigenvalue weighted by atomic mass is 10.2. The first kappa shape index (κ1) is 14.5. The molecular formula is C13H13N3O2S3. The molecule has 3 rings (SSSR count). The van der Waals surface area contributed by atoms with Crippen molar-refractivity contribution in [3.63, 3.8) is 0 Å². The van der Waals surface area contributed by atoms with Crippen molar-refractivity contribution >= 4 is 32.9 Å². The van der Waals surface area contributed by atoms with Gasteiger partial charge >= 0.3 is 10.2 Å². The number of thiophene rings is 2. The Morgan fingerprint density at radius 2 is 1.71 bits per heavy atom. The average molecular weight is 339 g/mol. The third-order valence-electron chi connectivity index (χ3n) is 2.96. The van der Waals surface area contributed by atoms with Gasteiger partial charge in [-0.3, -0.25) is 0 Å². The molecular weight excluding hydrogens is 326 g/mol. The molecule has 3 aromatic rings. The minimum absolute atomic E-state index is 0.612. The van der Waals surface area contributed by atoms with Crippen molar-refractivity contribution in [3.8, 4) is 21.1 Å². The van der Waals surface area contributed by atoms with E-state index in [9.17, 15) is 8.42 Å². The standard InChI is InChI=1S/C13H13N3O2S3/c1-15(2)21(17,18)16-9-14-12(10-5-3-7-19-10)13(16)11-6-4-8-20-11/h3-9H,1-2H3. The van der Waals surface area contributed by atoms with Crippen LogP contribution < -0.4 is 0 Å². The van der Waals surface area contributed by atoms with Crippen LogP contribution in [0.4, 0.5) is 0 Å². The Balaban J connectivity index is 2.29. The maximum atomic E-state index is 12.5. The highest BCUT2D eigenvalue weighted by molar-refractivity contribution is 7.87. The Bertz CT molecular complexity index is 832. The molecule has 0 spiro atoms. The Hall–Kier alpha value is -1.48. The van der Waals surface area contributed by atoms with Gasteiger partial charge in [0.2, 0.25) is 0 Å². The van der Waals surface area contributed by atoms with E-state index in [1.165, 1.54) is 40.0 Å². The fourth-order valence-corrected chi connectivity index (χ4v) is 4.40. The maximum Gasteiger partial charge on any atom is 0.308 e. The zero-order chi connectivity index (χ0) is 15.0. The quantitative estimate of drug-likeness (QED) is 0.734. The summed E-state index contributed by atoms with van der Waals surface area (Å²) >= 11 is 3.04. The van der Waals surface area contributed by atoms with Gasteiger partial charge < -0.3 is 0 Å². The van der Waals surface area contributed by atoms with E-state index in [4.69, 9.17) is 0 Å². The Kier molecular flexibility index (Phi) is 3.70. The molecule has 0 radical (unpaired) electrons. The largest absolute Gasteiger partial charge is 0.308 e. The second-order valence-corrected chi connectivity index (χ2v) is 8.40. The van der Waals surface area contributed by atoms with Crippen LogP contribution in [0.15, 0.2) is 41.4 Å². The lowest BCUT2D eigenvalue weighted by molar-refractivity contribution is 0.511. The summed E-state index contributed by atoms with van der Waals surface area (Å²) < 4.78 is 27.4. The smallest absolute Gasteiger partial charge is 0.234 e. The van der Waals surface area contributed by atoms with Crippen molar-refractivity contribution in [1.82, 2.24) is 13.3 Å². The summed E-state index contributed by atoms with van der Waals surface area (Å²) in [5, 5.41) is 3.88. The highest BCUT2D eigenvalue weighted by atomic mass is 32.2. The zero-order valence-corrected chi connectivity index (χ0v) is 13.9. The normalized spacial score (nSPS) is 12.1. The molecule has 8 heteroatoms. The summed E-state index contributed by atoms with van der Waals surface area (Å²) in [6, 6.07) is 7.67. The van der Waals surface area contributed by atoms with E-state index in [-0.39, 0.29) is 0 Å². The molecule has 21 heavy (non-hydrogen) atoms. The SMILES string of the molecule is CN(C)S(=O)(=O)n1cnc(-c2cccs2)c1-c1cccs1. The third kappa shape index (κ3) is 2.44. The molecule has 0 unspecified atom stereocenters. The van der Waals surface area contributed by atoms with Gasteiger partial charge in [-0.2, -0.15) is 12.7 Å². The van der Waals surface area contributed by atoms with Crippen molar-refractivity contribution in [2.24, 2.45) is 0 Å². The van der Waals surface area contributed by atoms with Gasteiger partial charge in [-0.05, 0) is 22.9 Å². The summed E-state index contributed by atoms with van der Waals surface area (Å²) in [5.41, 5.74) is 1.30. The van der Waals surface area contributed by atoms with Crippen LogP contribution in [0.3, 0.4) is 0 Å². The Morgan fingerprint density at radius 3 is 2.24 bits per heavy atom. The molecule has 0 aromatic carbocycles. The van der Waals surface area contributed by atoms with Gasteiger partial charge in [0.1, 0.15) is 17.7 Å². The van der Waals surface area contributed by atoms with E-state index < -0.39 is 10.2 Å².